The van der Waals surface area contributed by atoms with Crippen LogP contribution in [0.5, 0.6) is 0 Å². The zero-order valence-electron chi connectivity index (χ0n) is 12.6. The first-order chi connectivity index (χ1) is 10.9. The number of cyclic esters (lactones) is 1. The van der Waals surface area contributed by atoms with E-state index in [1.54, 1.807) is 40.9 Å². The number of hydrogen-bond acceptors (Lipinski definition) is 6. The van der Waals surface area contributed by atoms with Crippen LogP contribution in [-0.2, 0) is 19.1 Å². The third kappa shape index (κ3) is 2.06. The molecule has 4 rings (SSSR count). The molecule has 0 spiro atoms. The van der Waals surface area contributed by atoms with Crippen LogP contribution in [-0.4, -0.2) is 38.9 Å². The molecule has 120 valence electrons. The Morgan fingerprint density at radius 3 is 2.83 bits per heavy atom. The van der Waals surface area contributed by atoms with Crippen LogP contribution in [0.25, 0.3) is 0 Å². The summed E-state index contributed by atoms with van der Waals surface area (Å²) in [6, 6.07) is 6.15. The summed E-state index contributed by atoms with van der Waals surface area (Å²) in [5.74, 6) is -1.08. The number of carbonyl (C=O) groups is 3. The second-order valence-corrected chi connectivity index (χ2v) is 8.18. The minimum Gasteiger partial charge on any atom is -0.419 e. The average molecular weight is 333 g/mol. The zero-order valence-corrected chi connectivity index (χ0v) is 13.5. The number of rotatable bonds is 2. The third-order valence-electron chi connectivity index (χ3n) is 4.42. The number of fused-ring (bicyclic) bond motifs is 2. The van der Waals surface area contributed by atoms with E-state index in [4.69, 9.17) is 9.47 Å². The van der Waals surface area contributed by atoms with Crippen molar-refractivity contribution in [3.05, 3.63) is 35.4 Å². The number of amides is 1. The topological polar surface area (TPSA) is 72.9 Å². The second-order valence-electron chi connectivity index (χ2n) is 6.34. The highest BCUT2D eigenvalue weighted by atomic mass is 32.2. The van der Waals surface area contributed by atoms with Crippen molar-refractivity contribution in [2.45, 2.75) is 42.7 Å². The van der Waals surface area contributed by atoms with Crippen molar-refractivity contribution < 1.29 is 23.9 Å². The maximum absolute atomic E-state index is 12.6. The van der Waals surface area contributed by atoms with Gasteiger partial charge in [-0.3, -0.25) is 4.79 Å². The first-order valence-corrected chi connectivity index (χ1v) is 8.26. The summed E-state index contributed by atoms with van der Waals surface area (Å²) >= 11 is 1.60. The van der Waals surface area contributed by atoms with E-state index in [1.165, 1.54) is 0 Å². The summed E-state index contributed by atoms with van der Waals surface area (Å²) < 4.78 is 10.1. The highest BCUT2D eigenvalue weighted by molar-refractivity contribution is 8.01. The molecule has 0 N–H and O–H groups in total. The molecular formula is C16H15NO5S. The fraction of sp³-hybridized carbons (Fsp3) is 0.438. The van der Waals surface area contributed by atoms with Gasteiger partial charge in [-0.15, -0.1) is 11.8 Å². The number of hydrogen-bond donors (Lipinski definition) is 0. The van der Waals surface area contributed by atoms with Crippen molar-refractivity contribution in [1.29, 1.82) is 0 Å². The molecule has 1 aromatic carbocycles. The molecule has 2 saturated heterocycles. The van der Waals surface area contributed by atoms with Crippen LogP contribution in [0, 0.1) is 0 Å². The first kappa shape index (κ1) is 14.6. The smallest absolute Gasteiger partial charge is 0.342 e. The summed E-state index contributed by atoms with van der Waals surface area (Å²) in [6.07, 6.45) is -0.582. The molecule has 0 bridgehead atoms. The number of benzene rings is 1. The molecular weight excluding hydrogens is 318 g/mol. The van der Waals surface area contributed by atoms with Gasteiger partial charge in [-0.25, -0.2) is 9.59 Å². The van der Waals surface area contributed by atoms with E-state index in [1.807, 2.05) is 13.8 Å². The molecule has 23 heavy (non-hydrogen) atoms. The van der Waals surface area contributed by atoms with Crippen LogP contribution < -0.4 is 0 Å². The maximum Gasteiger partial charge on any atom is 0.342 e. The monoisotopic (exact) mass is 333 g/mol. The SMILES string of the molecule is CC1(C)S[C@@H]2CC(=O)N2[C@H]1C(=O)OC1OC(=O)c2ccccc21. The number of nitrogens with zero attached hydrogens (tertiary/aromatic N) is 1. The van der Waals surface area contributed by atoms with Crippen molar-refractivity contribution in [3.63, 3.8) is 0 Å². The molecule has 0 saturated carbocycles. The Bertz CT molecular complexity index is 731. The number of ether oxygens (including phenoxy) is 2. The van der Waals surface area contributed by atoms with E-state index in [-0.39, 0.29) is 11.3 Å². The van der Waals surface area contributed by atoms with E-state index in [9.17, 15) is 14.4 Å². The summed E-state index contributed by atoms with van der Waals surface area (Å²) in [5.41, 5.74) is 0.948. The van der Waals surface area contributed by atoms with Gasteiger partial charge in [0.15, 0.2) is 0 Å². The molecule has 7 heteroatoms. The van der Waals surface area contributed by atoms with Crippen LogP contribution in [0.2, 0.25) is 0 Å². The van der Waals surface area contributed by atoms with Crippen LogP contribution >= 0.6 is 11.8 Å². The molecule has 1 unspecified atom stereocenters. The maximum atomic E-state index is 12.6. The Morgan fingerprint density at radius 1 is 1.35 bits per heavy atom. The number of esters is 2. The molecule has 0 radical (unpaired) electrons. The minimum atomic E-state index is -1.04. The Labute approximate surface area is 137 Å². The average Bonchev–Trinajstić information content (AvgIpc) is 2.91. The lowest BCUT2D eigenvalue weighted by molar-refractivity contribution is -0.179. The predicted octanol–water partition coefficient (Wildman–Crippen LogP) is 1.85. The van der Waals surface area contributed by atoms with Gasteiger partial charge >= 0.3 is 11.9 Å². The lowest BCUT2D eigenvalue weighted by Crippen LogP contribution is -2.57. The second kappa shape index (κ2) is 4.74. The number of carbonyl (C=O) groups excluding carboxylic acids is 3. The van der Waals surface area contributed by atoms with Crippen LogP contribution in [0.1, 0.15) is 42.5 Å². The number of β-lactam (4-membered cyclic amide) rings is 1. The van der Waals surface area contributed by atoms with Gasteiger partial charge in [0.05, 0.1) is 17.4 Å². The minimum absolute atomic E-state index is 0.0356. The number of thioether (sulfide) groups is 1. The van der Waals surface area contributed by atoms with Crippen molar-refractivity contribution >= 4 is 29.6 Å². The quantitative estimate of drug-likeness (QED) is 0.607. The summed E-state index contributed by atoms with van der Waals surface area (Å²) in [6.45, 7) is 3.84. The largest absolute Gasteiger partial charge is 0.419 e. The summed E-state index contributed by atoms with van der Waals surface area (Å²) in [7, 11) is 0. The Kier molecular flexibility index (Phi) is 3.00. The Balaban J connectivity index is 1.57. The summed E-state index contributed by atoms with van der Waals surface area (Å²) in [4.78, 5) is 37.9. The fourth-order valence-corrected chi connectivity index (χ4v) is 4.95. The molecule has 1 aromatic rings. The zero-order chi connectivity index (χ0) is 16.4. The molecule has 0 aromatic heterocycles. The van der Waals surface area contributed by atoms with Gasteiger partial charge < -0.3 is 14.4 Å². The Hall–Kier alpha value is -2.02. The third-order valence-corrected chi connectivity index (χ3v) is 5.92. The molecule has 3 aliphatic heterocycles. The normalized spacial score (nSPS) is 30.3. The van der Waals surface area contributed by atoms with Crippen molar-refractivity contribution in [1.82, 2.24) is 4.90 Å². The van der Waals surface area contributed by atoms with Gasteiger partial charge in [-0.2, -0.15) is 0 Å². The molecule has 3 atom stereocenters. The van der Waals surface area contributed by atoms with Crippen LogP contribution in [0.15, 0.2) is 24.3 Å². The van der Waals surface area contributed by atoms with E-state index >= 15 is 0 Å². The van der Waals surface area contributed by atoms with Gasteiger partial charge in [-0.05, 0) is 19.9 Å². The lowest BCUT2D eigenvalue weighted by atomic mass is 9.98. The van der Waals surface area contributed by atoms with Crippen LogP contribution in [0.4, 0.5) is 0 Å². The predicted molar refractivity (Wildman–Crippen MR) is 81.4 cm³/mol. The molecule has 2 fully saturated rings. The molecule has 1 amide bonds. The first-order valence-electron chi connectivity index (χ1n) is 7.38. The van der Waals surface area contributed by atoms with Gasteiger partial charge in [0.25, 0.3) is 6.29 Å². The van der Waals surface area contributed by atoms with Crippen molar-refractivity contribution in [2.24, 2.45) is 0 Å². The van der Waals surface area contributed by atoms with E-state index in [2.05, 4.69) is 0 Å². The molecule has 3 aliphatic rings. The highest BCUT2D eigenvalue weighted by Crippen LogP contribution is 2.51. The van der Waals surface area contributed by atoms with E-state index in [0.717, 1.165) is 0 Å². The van der Waals surface area contributed by atoms with Gasteiger partial charge in [-0.1, -0.05) is 18.2 Å². The Morgan fingerprint density at radius 2 is 2.09 bits per heavy atom. The van der Waals surface area contributed by atoms with Gasteiger partial charge in [0.1, 0.15) is 6.04 Å². The van der Waals surface area contributed by atoms with E-state index in [0.29, 0.717) is 17.5 Å². The van der Waals surface area contributed by atoms with E-state index < -0.39 is 29.0 Å². The van der Waals surface area contributed by atoms with Gasteiger partial charge in [0.2, 0.25) is 5.91 Å². The standard InChI is InChI=1S/C16H15NO5S/c1-16(2)12(17-10(18)7-11(17)23-16)14(20)22-15-9-6-4-3-5-8(9)13(19)21-15/h3-6,11-12,15H,7H2,1-2H3/t11-,12+,15?/m1/s1. The van der Waals surface area contributed by atoms with Crippen molar-refractivity contribution in [3.8, 4) is 0 Å². The van der Waals surface area contributed by atoms with Gasteiger partial charge in [0, 0.05) is 10.3 Å². The van der Waals surface area contributed by atoms with Crippen LogP contribution in [0.3, 0.4) is 0 Å². The highest BCUT2D eigenvalue weighted by Gasteiger charge is 2.59. The fourth-order valence-electron chi connectivity index (χ4n) is 3.33. The summed E-state index contributed by atoms with van der Waals surface area (Å²) in [5, 5.41) is 0.0356. The lowest BCUT2D eigenvalue weighted by Gasteiger charge is -2.37. The molecule has 0 aliphatic carbocycles. The van der Waals surface area contributed by atoms with Crippen molar-refractivity contribution in [2.75, 3.05) is 0 Å². The molecule has 6 nitrogen and oxygen atoms in total. The molecule has 3 heterocycles.